The molecule has 0 amide bonds. The van der Waals surface area contributed by atoms with E-state index in [4.69, 9.17) is 11.6 Å². The van der Waals surface area contributed by atoms with E-state index in [0.29, 0.717) is 0 Å². The average Bonchev–Trinajstić information content (AvgIpc) is 1.99. The van der Waals surface area contributed by atoms with Crippen molar-refractivity contribution in [3.05, 3.63) is 23.5 Å². The lowest BCUT2D eigenvalue weighted by atomic mass is 10.3. The van der Waals surface area contributed by atoms with Gasteiger partial charge >= 0.3 is 0 Å². The van der Waals surface area contributed by atoms with Crippen LogP contribution < -0.4 is 5.32 Å². The molecule has 0 aliphatic rings. The lowest BCUT2D eigenvalue weighted by Gasteiger charge is -2.08. The second-order valence-corrected chi connectivity index (χ2v) is 4.05. The van der Waals surface area contributed by atoms with Gasteiger partial charge in [0, 0.05) is 29.0 Å². The normalized spacial score (nSPS) is 12.6. The maximum atomic E-state index is 5.83. The Balaban J connectivity index is 2.66. The Bertz CT molecular complexity index is 264. The fourth-order valence-electron chi connectivity index (χ4n) is 1.20. The highest BCUT2D eigenvalue weighted by Crippen LogP contribution is 2.10. The van der Waals surface area contributed by atoms with Crippen molar-refractivity contribution in [2.24, 2.45) is 0 Å². The smallest absolute Gasteiger partial charge is 0.0480 e. The molecule has 0 radical (unpaired) electrons. The predicted octanol–water partition coefficient (Wildman–Crippen LogP) is 2.74. The summed E-state index contributed by atoms with van der Waals surface area (Å²) >= 11 is 5.83. The number of alkyl halides is 1. The first-order valence-electron chi connectivity index (χ1n) is 4.41. The van der Waals surface area contributed by atoms with Gasteiger partial charge < -0.3 is 5.32 Å². The van der Waals surface area contributed by atoms with Crippen molar-refractivity contribution in [2.75, 3.05) is 11.9 Å². The molecule has 1 heterocycles. The molecular weight excluding hydrogens is 184 g/mol. The molecular formula is C10H15ClN2. The number of nitrogens with zero attached hydrogens (tertiary/aromatic N) is 1. The zero-order valence-electron chi connectivity index (χ0n) is 8.26. The van der Waals surface area contributed by atoms with Crippen molar-refractivity contribution in [1.29, 1.82) is 0 Å². The Morgan fingerprint density at radius 2 is 1.92 bits per heavy atom. The number of anilines is 1. The second kappa shape index (κ2) is 4.47. The van der Waals surface area contributed by atoms with Gasteiger partial charge in [-0.1, -0.05) is 0 Å². The van der Waals surface area contributed by atoms with Gasteiger partial charge in [0.2, 0.25) is 0 Å². The number of hydrogen-bond donors (Lipinski definition) is 1. The molecule has 0 bridgehead atoms. The summed E-state index contributed by atoms with van der Waals surface area (Å²) in [7, 11) is 0. The zero-order chi connectivity index (χ0) is 9.84. The van der Waals surface area contributed by atoms with Crippen molar-refractivity contribution >= 4 is 17.3 Å². The summed E-state index contributed by atoms with van der Waals surface area (Å²) in [5.74, 6) is 0. The fourth-order valence-corrected chi connectivity index (χ4v) is 1.27. The number of aromatic nitrogens is 1. The molecule has 0 spiro atoms. The lowest BCUT2D eigenvalue weighted by molar-refractivity contribution is 0.983. The number of rotatable bonds is 3. The monoisotopic (exact) mass is 198 g/mol. The van der Waals surface area contributed by atoms with E-state index in [-0.39, 0.29) is 5.38 Å². The van der Waals surface area contributed by atoms with E-state index >= 15 is 0 Å². The molecule has 0 aromatic carbocycles. The molecule has 1 N–H and O–H groups in total. The van der Waals surface area contributed by atoms with Gasteiger partial charge in [-0.05, 0) is 32.9 Å². The van der Waals surface area contributed by atoms with Gasteiger partial charge in [-0.15, -0.1) is 11.6 Å². The number of pyridine rings is 1. The molecule has 0 fully saturated rings. The van der Waals surface area contributed by atoms with Gasteiger partial charge in [0.05, 0.1) is 0 Å². The quantitative estimate of drug-likeness (QED) is 0.756. The van der Waals surface area contributed by atoms with Gasteiger partial charge in [0.1, 0.15) is 0 Å². The van der Waals surface area contributed by atoms with Gasteiger partial charge in [-0.2, -0.15) is 0 Å². The molecule has 0 saturated heterocycles. The summed E-state index contributed by atoms with van der Waals surface area (Å²) in [4.78, 5) is 4.29. The summed E-state index contributed by atoms with van der Waals surface area (Å²) < 4.78 is 0. The lowest BCUT2D eigenvalue weighted by Crippen LogP contribution is -2.10. The van der Waals surface area contributed by atoms with Crippen LogP contribution in [0.3, 0.4) is 0 Å². The molecule has 0 aliphatic carbocycles. The van der Waals surface area contributed by atoms with E-state index in [1.54, 1.807) is 0 Å². The second-order valence-electron chi connectivity index (χ2n) is 3.30. The van der Waals surface area contributed by atoms with Crippen LogP contribution in [0.15, 0.2) is 12.1 Å². The number of nitrogens with one attached hydrogen (secondary N) is 1. The van der Waals surface area contributed by atoms with E-state index in [1.165, 1.54) is 0 Å². The molecule has 1 unspecified atom stereocenters. The zero-order valence-corrected chi connectivity index (χ0v) is 9.02. The van der Waals surface area contributed by atoms with Crippen molar-refractivity contribution in [3.63, 3.8) is 0 Å². The molecule has 72 valence electrons. The first-order chi connectivity index (χ1) is 6.08. The summed E-state index contributed by atoms with van der Waals surface area (Å²) in [6, 6.07) is 4.04. The topological polar surface area (TPSA) is 24.9 Å². The van der Waals surface area contributed by atoms with Crippen LogP contribution in [-0.4, -0.2) is 16.9 Å². The Labute approximate surface area is 84.3 Å². The molecule has 1 aromatic heterocycles. The van der Waals surface area contributed by atoms with Crippen LogP contribution in [0.25, 0.3) is 0 Å². The van der Waals surface area contributed by atoms with Crippen LogP contribution in [0.5, 0.6) is 0 Å². The van der Waals surface area contributed by atoms with Gasteiger partial charge in [-0.25, -0.2) is 0 Å². The van der Waals surface area contributed by atoms with Crippen molar-refractivity contribution in [3.8, 4) is 0 Å². The average molecular weight is 199 g/mol. The Kier molecular flexibility index (Phi) is 3.55. The van der Waals surface area contributed by atoms with Crippen LogP contribution in [0.4, 0.5) is 5.69 Å². The van der Waals surface area contributed by atoms with Gasteiger partial charge in [-0.3, -0.25) is 4.98 Å². The van der Waals surface area contributed by atoms with Crippen molar-refractivity contribution in [2.45, 2.75) is 26.1 Å². The van der Waals surface area contributed by atoms with E-state index in [0.717, 1.165) is 23.6 Å². The largest absolute Gasteiger partial charge is 0.383 e. The van der Waals surface area contributed by atoms with E-state index in [1.807, 2.05) is 32.9 Å². The van der Waals surface area contributed by atoms with Crippen LogP contribution in [0.2, 0.25) is 0 Å². The highest BCUT2D eigenvalue weighted by Gasteiger charge is 1.98. The third-order valence-corrected chi connectivity index (χ3v) is 1.82. The predicted molar refractivity (Wildman–Crippen MR) is 57.5 cm³/mol. The first-order valence-corrected chi connectivity index (χ1v) is 4.85. The Morgan fingerprint density at radius 3 is 2.38 bits per heavy atom. The number of halogens is 1. The SMILES string of the molecule is Cc1cc(NCC(C)Cl)cc(C)n1. The summed E-state index contributed by atoms with van der Waals surface area (Å²) in [5, 5.41) is 3.40. The number of aryl methyl sites for hydroxylation is 2. The minimum Gasteiger partial charge on any atom is -0.383 e. The molecule has 13 heavy (non-hydrogen) atoms. The molecule has 1 atom stereocenters. The standard InChI is InChI=1S/C10H15ClN2/c1-7(11)6-12-10-4-8(2)13-9(3)5-10/h4-5,7H,6H2,1-3H3,(H,12,13). The molecule has 2 nitrogen and oxygen atoms in total. The van der Waals surface area contributed by atoms with Crippen molar-refractivity contribution < 1.29 is 0 Å². The van der Waals surface area contributed by atoms with Crippen LogP contribution in [0, 0.1) is 13.8 Å². The Hall–Kier alpha value is -0.760. The molecule has 0 aliphatic heterocycles. The minimum atomic E-state index is 0.147. The highest BCUT2D eigenvalue weighted by atomic mass is 35.5. The third kappa shape index (κ3) is 3.64. The fraction of sp³-hybridized carbons (Fsp3) is 0.500. The molecule has 0 saturated carbocycles. The van der Waals surface area contributed by atoms with Gasteiger partial charge in [0.15, 0.2) is 0 Å². The summed E-state index contributed by atoms with van der Waals surface area (Å²) in [6.45, 7) is 6.73. The van der Waals surface area contributed by atoms with E-state index < -0.39 is 0 Å². The maximum absolute atomic E-state index is 5.83. The minimum absolute atomic E-state index is 0.147. The first kappa shape index (κ1) is 10.3. The van der Waals surface area contributed by atoms with E-state index in [2.05, 4.69) is 10.3 Å². The summed E-state index contributed by atoms with van der Waals surface area (Å²) in [5.41, 5.74) is 3.16. The third-order valence-electron chi connectivity index (χ3n) is 1.67. The van der Waals surface area contributed by atoms with Crippen LogP contribution in [0.1, 0.15) is 18.3 Å². The van der Waals surface area contributed by atoms with Gasteiger partial charge in [0.25, 0.3) is 0 Å². The van der Waals surface area contributed by atoms with Crippen LogP contribution in [-0.2, 0) is 0 Å². The van der Waals surface area contributed by atoms with E-state index in [9.17, 15) is 0 Å². The molecule has 3 heteroatoms. The Morgan fingerprint density at radius 1 is 1.38 bits per heavy atom. The number of hydrogen-bond acceptors (Lipinski definition) is 2. The molecule has 1 aromatic rings. The van der Waals surface area contributed by atoms with Crippen molar-refractivity contribution in [1.82, 2.24) is 4.98 Å². The maximum Gasteiger partial charge on any atom is 0.0480 e. The highest BCUT2D eigenvalue weighted by molar-refractivity contribution is 6.20. The van der Waals surface area contributed by atoms with Crippen LogP contribution >= 0.6 is 11.6 Å². The molecule has 1 rings (SSSR count). The summed E-state index contributed by atoms with van der Waals surface area (Å²) in [6.07, 6.45) is 0.